The molecule has 17 heavy (non-hydrogen) atoms. The number of nitrogens with one attached hydrogen (secondary N) is 1. The van der Waals surface area contributed by atoms with Gasteiger partial charge in [-0.15, -0.1) is 11.3 Å². The standard InChI is InChI=1S/C12H16N4S/c1-5-4-8(5)10-14-11(16-13)9-6(2)7(3)17-12(9)15-10/h5,8H,4,13H2,1-3H3,(H,14,15,16). The highest BCUT2D eigenvalue weighted by Crippen LogP contribution is 2.46. The third kappa shape index (κ3) is 1.61. The van der Waals surface area contributed by atoms with Gasteiger partial charge in [0, 0.05) is 10.8 Å². The number of hydrogen-bond donors (Lipinski definition) is 2. The zero-order valence-electron chi connectivity index (χ0n) is 10.2. The molecule has 1 fully saturated rings. The maximum Gasteiger partial charge on any atom is 0.152 e. The van der Waals surface area contributed by atoms with Crippen LogP contribution >= 0.6 is 11.3 Å². The van der Waals surface area contributed by atoms with Gasteiger partial charge in [0.2, 0.25) is 0 Å². The second-order valence-electron chi connectivity index (χ2n) is 4.86. The molecule has 0 amide bonds. The van der Waals surface area contributed by atoms with E-state index in [1.807, 2.05) is 0 Å². The molecule has 0 radical (unpaired) electrons. The molecule has 1 saturated carbocycles. The number of hydrogen-bond acceptors (Lipinski definition) is 5. The van der Waals surface area contributed by atoms with Crippen LogP contribution < -0.4 is 11.3 Å². The van der Waals surface area contributed by atoms with Gasteiger partial charge in [0.1, 0.15) is 10.7 Å². The molecule has 0 bridgehead atoms. The van der Waals surface area contributed by atoms with E-state index in [2.05, 4.69) is 36.2 Å². The van der Waals surface area contributed by atoms with Crippen molar-refractivity contribution in [3.05, 3.63) is 16.3 Å². The zero-order chi connectivity index (χ0) is 12.2. The summed E-state index contributed by atoms with van der Waals surface area (Å²) >= 11 is 1.72. The van der Waals surface area contributed by atoms with Gasteiger partial charge in [0.05, 0.1) is 5.39 Å². The van der Waals surface area contributed by atoms with Gasteiger partial charge >= 0.3 is 0 Å². The van der Waals surface area contributed by atoms with Crippen LogP contribution in [0.2, 0.25) is 0 Å². The van der Waals surface area contributed by atoms with Gasteiger partial charge in [-0.3, -0.25) is 0 Å². The van der Waals surface area contributed by atoms with Crippen molar-refractivity contribution in [1.29, 1.82) is 0 Å². The minimum atomic E-state index is 0.522. The maximum atomic E-state index is 5.58. The van der Waals surface area contributed by atoms with Crippen LogP contribution in [0.25, 0.3) is 10.2 Å². The Labute approximate surface area is 104 Å². The van der Waals surface area contributed by atoms with Crippen molar-refractivity contribution in [3.63, 3.8) is 0 Å². The summed E-state index contributed by atoms with van der Waals surface area (Å²) in [5, 5.41) is 1.08. The number of nitrogens with zero attached hydrogens (tertiary/aromatic N) is 2. The average Bonchev–Trinajstić information content (AvgIpc) is 2.97. The predicted octanol–water partition coefficient (Wildman–Crippen LogP) is 2.72. The van der Waals surface area contributed by atoms with Gasteiger partial charge in [-0.2, -0.15) is 0 Å². The van der Waals surface area contributed by atoms with Crippen LogP contribution in [0.15, 0.2) is 0 Å². The first-order chi connectivity index (χ1) is 8.11. The fourth-order valence-electron chi connectivity index (χ4n) is 2.22. The highest BCUT2D eigenvalue weighted by Gasteiger charge is 2.37. The molecule has 1 aliphatic rings. The number of nitrogens with two attached hydrogens (primary N) is 1. The van der Waals surface area contributed by atoms with E-state index in [1.54, 1.807) is 11.3 Å². The number of hydrazine groups is 1. The number of aromatic nitrogens is 2. The Bertz CT molecular complexity index is 590. The first-order valence-electron chi connectivity index (χ1n) is 5.86. The molecular formula is C12H16N4S. The van der Waals surface area contributed by atoms with E-state index in [0.29, 0.717) is 11.8 Å². The van der Waals surface area contributed by atoms with Gasteiger partial charge in [-0.1, -0.05) is 6.92 Å². The summed E-state index contributed by atoms with van der Waals surface area (Å²) in [6, 6.07) is 0. The molecular weight excluding hydrogens is 232 g/mol. The zero-order valence-corrected chi connectivity index (χ0v) is 11.1. The maximum absolute atomic E-state index is 5.58. The van der Waals surface area contributed by atoms with Crippen LogP contribution in [-0.4, -0.2) is 9.97 Å². The summed E-state index contributed by atoms with van der Waals surface area (Å²) in [7, 11) is 0. The monoisotopic (exact) mass is 248 g/mol. The Balaban J connectivity index is 2.23. The lowest BCUT2D eigenvalue weighted by Crippen LogP contribution is -2.11. The summed E-state index contributed by atoms with van der Waals surface area (Å²) in [5.41, 5.74) is 3.95. The number of nitrogen functional groups attached to an aromatic ring is 1. The number of aryl methyl sites for hydroxylation is 2. The van der Waals surface area contributed by atoms with E-state index in [-0.39, 0.29) is 0 Å². The topological polar surface area (TPSA) is 63.8 Å². The van der Waals surface area contributed by atoms with Crippen LogP contribution in [0.4, 0.5) is 5.82 Å². The molecule has 1 aliphatic carbocycles. The largest absolute Gasteiger partial charge is 0.308 e. The minimum absolute atomic E-state index is 0.522. The molecule has 2 heterocycles. The molecule has 2 aromatic rings. The molecule has 2 aromatic heterocycles. The average molecular weight is 248 g/mol. The normalized spacial score (nSPS) is 23.1. The first kappa shape index (κ1) is 10.9. The first-order valence-corrected chi connectivity index (χ1v) is 6.67. The molecule has 0 aromatic carbocycles. The molecule has 4 nitrogen and oxygen atoms in total. The van der Waals surface area contributed by atoms with Crippen LogP contribution in [0, 0.1) is 19.8 Å². The summed E-state index contributed by atoms with van der Waals surface area (Å²) in [5.74, 6) is 8.53. The number of rotatable bonds is 2. The number of anilines is 1. The molecule has 3 N–H and O–H groups in total. The van der Waals surface area contributed by atoms with Crippen molar-refractivity contribution >= 4 is 27.4 Å². The van der Waals surface area contributed by atoms with E-state index in [1.165, 1.54) is 16.9 Å². The summed E-state index contributed by atoms with van der Waals surface area (Å²) in [6.07, 6.45) is 1.19. The van der Waals surface area contributed by atoms with Crippen molar-refractivity contribution in [2.75, 3.05) is 5.43 Å². The van der Waals surface area contributed by atoms with Crippen molar-refractivity contribution in [2.45, 2.75) is 33.1 Å². The predicted molar refractivity (Wildman–Crippen MR) is 71.2 cm³/mol. The molecule has 0 spiro atoms. The smallest absolute Gasteiger partial charge is 0.152 e. The molecule has 2 unspecified atom stereocenters. The fraction of sp³-hybridized carbons (Fsp3) is 0.500. The van der Waals surface area contributed by atoms with E-state index in [4.69, 9.17) is 5.84 Å². The Morgan fingerprint density at radius 1 is 1.35 bits per heavy atom. The third-order valence-electron chi connectivity index (χ3n) is 3.62. The minimum Gasteiger partial charge on any atom is -0.308 e. The molecule has 3 rings (SSSR count). The molecule has 5 heteroatoms. The Kier molecular flexibility index (Phi) is 2.34. The third-order valence-corrected chi connectivity index (χ3v) is 4.72. The van der Waals surface area contributed by atoms with Gasteiger partial charge in [0.15, 0.2) is 5.82 Å². The van der Waals surface area contributed by atoms with Crippen LogP contribution in [0.1, 0.15) is 35.5 Å². The molecule has 2 atom stereocenters. The van der Waals surface area contributed by atoms with E-state index in [0.717, 1.165) is 21.9 Å². The summed E-state index contributed by atoms with van der Waals surface area (Å²) < 4.78 is 0. The van der Waals surface area contributed by atoms with Gasteiger partial charge in [-0.25, -0.2) is 15.8 Å². The lowest BCUT2D eigenvalue weighted by Gasteiger charge is -2.05. The van der Waals surface area contributed by atoms with Crippen molar-refractivity contribution < 1.29 is 0 Å². The molecule has 90 valence electrons. The number of thiophene rings is 1. The highest BCUT2D eigenvalue weighted by molar-refractivity contribution is 7.18. The van der Waals surface area contributed by atoms with E-state index >= 15 is 0 Å². The molecule has 0 saturated heterocycles. The van der Waals surface area contributed by atoms with Crippen LogP contribution in [0.5, 0.6) is 0 Å². The summed E-state index contributed by atoms with van der Waals surface area (Å²) in [4.78, 5) is 11.6. The lowest BCUT2D eigenvalue weighted by molar-refractivity contribution is 0.853. The van der Waals surface area contributed by atoms with Crippen molar-refractivity contribution in [3.8, 4) is 0 Å². The lowest BCUT2D eigenvalue weighted by atomic mass is 10.2. The Morgan fingerprint density at radius 3 is 2.65 bits per heavy atom. The second-order valence-corrected chi connectivity index (χ2v) is 6.06. The van der Waals surface area contributed by atoms with Crippen LogP contribution in [-0.2, 0) is 0 Å². The van der Waals surface area contributed by atoms with Gasteiger partial charge in [0.25, 0.3) is 0 Å². The van der Waals surface area contributed by atoms with Crippen LogP contribution in [0.3, 0.4) is 0 Å². The van der Waals surface area contributed by atoms with Gasteiger partial charge < -0.3 is 5.43 Å². The highest BCUT2D eigenvalue weighted by atomic mass is 32.1. The van der Waals surface area contributed by atoms with E-state index < -0.39 is 0 Å². The van der Waals surface area contributed by atoms with E-state index in [9.17, 15) is 0 Å². The Morgan fingerprint density at radius 2 is 2.06 bits per heavy atom. The Hall–Kier alpha value is -1.20. The fourth-order valence-corrected chi connectivity index (χ4v) is 3.25. The second kappa shape index (κ2) is 3.65. The van der Waals surface area contributed by atoms with Crippen molar-refractivity contribution in [1.82, 2.24) is 9.97 Å². The SMILES string of the molecule is Cc1sc2nc(C3CC3C)nc(NN)c2c1C. The van der Waals surface area contributed by atoms with Crippen molar-refractivity contribution in [2.24, 2.45) is 11.8 Å². The summed E-state index contributed by atoms with van der Waals surface area (Å²) in [6.45, 7) is 6.44. The quantitative estimate of drug-likeness (QED) is 0.633. The molecule has 0 aliphatic heterocycles. The van der Waals surface area contributed by atoms with Gasteiger partial charge in [-0.05, 0) is 31.7 Å². The number of fused-ring (bicyclic) bond motifs is 1.